The first kappa shape index (κ1) is 16.0. The summed E-state index contributed by atoms with van der Waals surface area (Å²) in [6, 6.07) is 7.15. The summed E-state index contributed by atoms with van der Waals surface area (Å²) in [5.41, 5.74) is 1.83. The minimum absolute atomic E-state index is 0.192. The maximum absolute atomic E-state index is 12.2. The van der Waals surface area contributed by atoms with Crippen molar-refractivity contribution in [2.45, 2.75) is 26.7 Å². The Morgan fingerprint density at radius 3 is 2.88 bits per heavy atom. The fourth-order valence-electron chi connectivity index (χ4n) is 2.31. The summed E-state index contributed by atoms with van der Waals surface area (Å²) in [6.45, 7) is 4.77. The van der Waals surface area contributed by atoms with Gasteiger partial charge in [-0.15, -0.1) is 0 Å². The van der Waals surface area contributed by atoms with Crippen molar-refractivity contribution >= 4 is 17.5 Å². The summed E-state index contributed by atoms with van der Waals surface area (Å²) in [7, 11) is 0. The topological polar surface area (TPSA) is 85.4 Å². The summed E-state index contributed by atoms with van der Waals surface area (Å²) in [5.74, 6) is 1.56. The summed E-state index contributed by atoms with van der Waals surface area (Å²) in [5, 5.41) is 5.96. The van der Waals surface area contributed by atoms with Crippen molar-refractivity contribution in [3.05, 3.63) is 35.7 Å². The van der Waals surface area contributed by atoms with Gasteiger partial charge in [-0.05, 0) is 31.5 Å². The molecule has 126 valence electrons. The van der Waals surface area contributed by atoms with Crippen LogP contribution in [0.2, 0.25) is 0 Å². The van der Waals surface area contributed by atoms with Crippen molar-refractivity contribution in [1.29, 1.82) is 0 Å². The van der Waals surface area contributed by atoms with Gasteiger partial charge in [0, 0.05) is 24.0 Å². The molecule has 3 rings (SSSR count). The van der Waals surface area contributed by atoms with Crippen LogP contribution in [0, 0.1) is 6.92 Å². The van der Waals surface area contributed by atoms with E-state index in [0.29, 0.717) is 35.4 Å². The lowest BCUT2D eigenvalue weighted by atomic mass is 10.2. The first-order chi connectivity index (χ1) is 11.7. The molecular weight excluding hydrogens is 308 g/mol. The second-order valence-electron chi connectivity index (χ2n) is 5.52. The Bertz CT molecular complexity index is 749. The molecular formula is C17H20N4O3. The van der Waals surface area contributed by atoms with E-state index in [2.05, 4.69) is 27.5 Å². The highest BCUT2D eigenvalue weighted by molar-refractivity contribution is 5.92. The van der Waals surface area contributed by atoms with Gasteiger partial charge in [0.15, 0.2) is 11.5 Å². The van der Waals surface area contributed by atoms with E-state index < -0.39 is 0 Å². The summed E-state index contributed by atoms with van der Waals surface area (Å²) < 4.78 is 10.6. The number of hydrogen-bond donors (Lipinski definition) is 2. The number of hydrogen-bond acceptors (Lipinski definition) is 6. The summed E-state index contributed by atoms with van der Waals surface area (Å²) >= 11 is 0. The van der Waals surface area contributed by atoms with Crippen LogP contribution in [0.5, 0.6) is 11.5 Å². The standard InChI is InChI=1S/C17H20N4O3/c1-3-4-7-18-16(22)13-8-11(2)19-17(21-13)20-12-5-6-14-15(9-12)24-10-23-14/h5-6,8-9H,3-4,7,10H2,1-2H3,(H,18,22)(H,19,20,21). The number of carbonyl (C=O) groups is 1. The zero-order chi connectivity index (χ0) is 16.9. The summed E-state index contributed by atoms with van der Waals surface area (Å²) in [4.78, 5) is 20.8. The quantitative estimate of drug-likeness (QED) is 0.793. The van der Waals surface area contributed by atoms with E-state index in [1.807, 2.05) is 25.1 Å². The molecule has 0 fully saturated rings. The molecule has 0 saturated carbocycles. The molecule has 0 aliphatic carbocycles. The van der Waals surface area contributed by atoms with E-state index in [0.717, 1.165) is 18.5 Å². The van der Waals surface area contributed by atoms with E-state index in [-0.39, 0.29) is 12.7 Å². The van der Waals surface area contributed by atoms with Gasteiger partial charge < -0.3 is 20.1 Å². The predicted octanol–water partition coefficient (Wildman–Crippen LogP) is 2.79. The minimum atomic E-state index is -0.192. The first-order valence-electron chi connectivity index (χ1n) is 7.96. The number of anilines is 2. The Balaban J connectivity index is 1.75. The first-order valence-corrected chi connectivity index (χ1v) is 7.96. The van der Waals surface area contributed by atoms with Gasteiger partial charge in [-0.3, -0.25) is 4.79 Å². The molecule has 24 heavy (non-hydrogen) atoms. The van der Waals surface area contributed by atoms with Gasteiger partial charge in [-0.25, -0.2) is 9.97 Å². The van der Waals surface area contributed by atoms with Crippen molar-refractivity contribution in [3.8, 4) is 11.5 Å². The zero-order valence-corrected chi connectivity index (χ0v) is 13.8. The van der Waals surface area contributed by atoms with Crippen molar-refractivity contribution in [2.75, 3.05) is 18.7 Å². The second-order valence-corrected chi connectivity index (χ2v) is 5.52. The van der Waals surface area contributed by atoms with Crippen LogP contribution in [-0.2, 0) is 0 Å². The SMILES string of the molecule is CCCCNC(=O)c1cc(C)nc(Nc2ccc3c(c2)OCO3)n1. The Labute approximate surface area is 140 Å². The molecule has 0 unspecified atom stereocenters. The summed E-state index contributed by atoms with van der Waals surface area (Å²) in [6.07, 6.45) is 1.97. The van der Waals surface area contributed by atoms with Crippen molar-refractivity contribution < 1.29 is 14.3 Å². The molecule has 0 bridgehead atoms. The van der Waals surface area contributed by atoms with Gasteiger partial charge in [0.1, 0.15) is 5.69 Å². The molecule has 7 nitrogen and oxygen atoms in total. The lowest BCUT2D eigenvalue weighted by Gasteiger charge is -2.09. The van der Waals surface area contributed by atoms with Crippen LogP contribution in [0.3, 0.4) is 0 Å². The Morgan fingerprint density at radius 2 is 2.04 bits per heavy atom. The molecule has 2 aromatic rings. The monoisotopic (exact) mass is 328 g/mol. The van der Waals surface area contributed by atoms with Crippen LogP contribution >= 0.6 is 0 Å². The number of aryl methyl sites for hydroxylation is 1. The van der Waals surface area contributed by atoms with Gasteiger partial charge in [0.2, 0.25) is 12.7 Å². The van der Waals surface area contributed by atoms with Gasteiger partial charge in [-0.2, -0.15) is 0 Å². The molecule has 0 spiro atoms. The number of benzene rings is 1. The fraction of sp³-hybridized carbons (Fsp3) is 0.353. The molecule has 1 aliphatic heterocycles. The molecule has 1 aromatic heterocycles. The number of aromatic nitrogens is 2. The second kappa shape index (κ2) is 7.16. The van der Waals surface area contributed by atoms with Crippen LogP contribution in [0.15, 0.2) is 24.3 Å². The van der Waals surface area contributed by atoms with Crippen LogP contribution < -0.4 is 20.1 Å². The molecule has 1 amide bonds. The molecule has 0 atom stereocenters. The average Bonchev–Trinajstić information content (AvgIpc) is 3.02. The highest BCUT2D eigenvalue weighted by atomic mass is 16.7. The predicted molar refractivity (Wildman–Crippen MR) is 89.9 cm³/mol. The van der Waals surface area contributed by atoms with Gasteiger partial charge in [0.25, 0.3) is 5.91 Å². The van der Waals surface area contributed by atoms with Crippen molar-refractivity contribution in [2.24, 2.45) is 0 Å². The van der Waals surface area contributed by atoms with Crippen LogP contribution in [-0.4, -0.2) is 29.2 Å². The van der Waals surface area contributed by atoms with Gasteiger partial charge in [-0.1, -0.05) is 13.3 Å². The molecule has 7 heteroatoms. The molecule has 1 aliphatic rings. The normalized spacial score (nSPS) is 12.1. The van der Waals surface area contributed by atoms with E-state index in [9.17, 15) is 4.79 Å². The highest BCUT2D eigenvalue weighted by Gasteiger charge is 2.14. The third-order valence-corrected chi connectivity index (χ3v) is 3.53. The fourth-order valence-corrected chi connectivity index (χ4v) is 2.31. The van der Waals surface area contributed by atoms with Crippen LogP contribution in [0.1, 0.15) is 35.9 Å². The van der Waals surface area contributed by atoms with E-state index in [4.69, 9.17) is 9.47 Å². The van der Waals surface area contributed by atoms with E-state index >= 15 is 0 Å². The average molecular weight is 328 g/mol. The number of nitrogens with one attached hydrogen (secondary N) is 2. The number of ether oxygens (including phenoxy) is 2. The Morgan fingerprint density at radius 1 is 1.21 bits per heavy atom. The Kier molecular flexibility index (Phi) is 4.79. The lowest BCUT2D eigenvalue weighted by molar-refractivity contribution is 0.0948. The molecule has 1 aromatic carbocycles. The smallest absolute Gasteiger partial charge is 0.270 e. The maximum atomic E-state index is 12.2. The van der Waals surface area contributed by atoms with Gasteiger partial charge in [0.05, 0.1) is 0 Å². The van der Waals surface area contributed by atoms with E-state index in [1.54, 1.807) is 6.07 Å². The number of rotatable bonds is 6. The Hall–Kier alpha value is -2.83. The number of carbonyl (C=O) groups excluding carboxylic acids is 1. The van der Waals surface area contributed by atoms with Crippen LogP contribution in [0.25, 0.3) is 0 Å². The van der Waals surface area contributed by atoms with Gasteiger partial charge >= 0.3 is 0 Å². The number of fused-ring (bicyclic) bond motifs is 1. The number of unbranched alkanes of at least 4 members (excludes halogenated alkanes) is 1. The van der Waals surface area contributed by atoms with E-state index in [1.165, 1.54) is 0 Å². The third-order valence-electron chi connectivity index (χ3n) is 3.53. The maximum Gasteiger partial charge on any atom is 0.270 e. The van der Waals surface area contributed by atoms with Crippen molar-refractivity contribution in [3.63, 3.8) is 0 Å². The zero-order valence-electron chi connectivity index (χ0n) is 13.8. The molecule has 2 heterocycles. The molecule has 0 saturated heterocycles. The molecule has 2 N–H and O–H groups in total. The minimum Gasteiger partial charge on any atom is -0.454 e. The molecule has 0 radical (unpaired) electrons. The van der Waals surface area contributed by atoms with Crippen LogP contribution in [0.4, 0.5) is 11.6 Å². The van der Waals surface area contributed by atoms with Crippen molar-refractivity contribution in [1.82, 2.24) is 15.3 Å². The third kappa shape index (κ3) is 3.73. The largest absolute Gasteiger partial charge is 0.454 e. The highest BCUT2D eigenvalue weighted by Crippen LogP contribution is 2.34. The number of nitrogens with zero attached hydrogens (tertiary/aromatic N) is 2. The number of amides is 1. The lowest BCUT2D eigenvalue weighted by Crippen LogP contribution is -2.25.